The van der Waals surface area contributed by atoms with Gasteiger partial charge in [0.15, 0.2) is 0 Å². The minimum atomic E-state index is 0.812. The maximum Gasteiger partial charge on any atom is 0.0137 e. The average Bonchev–Trinajstić information content (AvgIpc) is 2.69. The fourth-order valence-electron chi connectivity index (χ4n) is 3.67. The van der Waals surface area contributed by atoms with Crippen molar-refractivity contribution in [2.24, 2.45) is 5.73 Å². The normalized spacial score (nSPS) is 17.0. The fraction of sp³-hybridized carbons (Fsp3) is 0.760. The highest BCUT2D eigenvalue weighted by molar-refractivity contribution is 5.05. The molecule has 29 heavy (non-hydrogen) atoms. The second-order valence-electron chi connectivity index (χ2n) is 8.84. The molecular formula is C25H48N4. The van der Waals surface area contributed by atoms with Crippen LogP contribution in [-0.2, 0) is 0 Å². The Bertz CT molecular complexity index is 495. The third-order valence-electron chi connectivity index (χ3n) is 5.69. The Morgan fingerprint density at radius 2 is 1.34 bits per heavy atom. The van der Waals surface area contributed by atoms with E-state index in [4.69, 9.17) is 5.73 Å². The van der Waals surface area contributed by atoms with Crippen LogP contribution in [0.5, 0.6) is 0 Å². The highest BCUT2D eigenvalue weighted by atomic mass is 15.3. The van der Waals surface area contributed by atoms with Crippen LogP contribution >= 0.6 is 0 Å². The van der Waals surface area contributed by atoms with Gasteiger partial charge in [0.05, 0.1) is 0 Å². The summed E-state index contributed by atoms with van der Waals surface area (Å²) in [7, 11) is 0. The largest absolute Gasteiger partial charge is 0.330 e. The number of rotatable bonds is 15. The van der Waals surface area contributed by atoms with Crippen LogP contribution in [0.25, 0.3) is 0 Å². The number of hydrogen-bond donors (Lipinski definition) is 2. The lowest BCUT2D eigenvalue weighted by molar-refractivity contribution is 0.131. The second kappa shape index (κ2) is 16.8. The molecule has 4 nitrogen and oxygen atoms in total. The van der Waals surface area contributed by atoms with Gasteiger partial charge in [-0.2, -0.15) is 0 Å². The van der Waals surface area contributed by atoms with Crippen molar-refractivity contribution in [3.8, 4) is 0 Å². The topological polar surface area (TPSA) is 44.5 Å². The van der Waals surface area contributed by atoms with Gasteiger partial charge in [0, 0.05) is 32.7 Å². The third-order valence-corrected chi connectivity index (χ3v) is 5.69. The first-order chi connectivity index (χ1) is 14.0. The van der Waals surface area contributed by atoms with Crippen molar-refractivity contribution in [2.45, 2.75) is 66.2 Å². The standard InChI is InChI=1S/C25H48N4/c1-23(2)9-5-10-24(3)11-6-12-25(4)13-16-27-15-8-18-29-21-19-28(20-22-29)17-7-14-26/h9,11,13,27H,5-8,10,12,14-22,26H2,1-4H3/b24-11-,25-13?. The molecule has 0 unspecified atom stereocenters. The first-order valence-corrected chi connectivity index (χ1v) is 11.8. The summed E-state index contributed by atoms with van der Waals surface area (Å²) < 4.78 is 0. The summed E-state index contributed by atoms with van der Waals surface area (Å²) in [5.41, 5.74) is 10.0. The summed E-state index contributed by atoms with van der Waals surface area (Å²) in [6.45, 7) is 19.0. The lowest BCUT2D eigenvalue weighted by Crippen LogP contribution is -2.47. The van der Waals surface area contributed by atoms with Gasteiger partial charge >= 0.3 is 0 Å². The smallest absolute Gasteiger partial charge is 0.0137 e. The summed E-state index contributed by atoms with van der Waals surface area (Å²) in [5.74, 6) is 0. The Morgan fingerprint density at radius 3 is 1.93 bits per heavy atom. The van der Waals surface area contributed by atoms with Crippen LogP contribution in [0.2, 0.25) is 0 Å². The lowest BCUT2D eigenvalue weighted by atomic mass is 10.1. The maximum absolute atomic E-state index is 5.60. The van der Waals surface area contributed by atoms with Crippen LogP contribution in [0, 0.1) is 0 Å². The van der Waals surface area contributed by atoms with Gasteiger partial charge in [0.2, 0.25) is 0 Å². The van der Waals surface area contributed by atoms with Crippen LogP contribution < -0.4 is 11.1 Å². The monoisotopic (exact) mass is 404 g/mol. The maximum atomic E-state index is 5.60. The van der Waals surface area contributed by atoms with E-state index in [-0.39, 0.29) is 0 Å². The van der Waals surface area contributed by atoms with Gasteiger partial charge in [-0.25, -0.2) is 0 Å². The summed E-state index contributed by atoms with van der Waals surface area (Å²) in [6.07, 6.45) is 14.2. The van der Waals surface area contributed by atoms with E-state index in [1.165, 1.54) is 88.1 Å². The molecule has 1 aliphatic rings. The molecule has 4 heteroatoms. The van der Waals surface area contributed by atoms with Crippen LogP contribution in [0.15, 0.2) is 34.9 Å². The summed E-state index contributed by atoms with van der Waals surface area (Å²) in [5, 5.41) is 3.58. The zero-order valence-electron chi connectivity index (χ0n) is 19.8. The minimum absolute atomic E-state index is 0.812. The minimum Gasteiger partial charge on any atom is -0.330 e. The van der Waals surface area contributed by atoms with E-state index in [1.54, 1.807) is 0 Å². The Kier molecular flexibility index (Phi) is 15.1. The SMILES string of the molecule is CC(C)=CCC/C(C)=C\CCC(C)=CCNCCCN1CCN(CCCN)CC1. The van der Waals surface area contributed by atoms with Crippen LogP contribution in [-0.4, -0.2) is 68.7 Å². The molecule has 0 saturated carbocycles. The van der Waals surface area contributed by atoms with Crippen molar-refractivity contribution in [1.29, 1.82) is 0 Å². The number of nitrogens with two attached hydrogens (primary N) is 1. The van der Waals surface area contributed by atoms with E-state index in [0.29, 0.717) is 0 Å². The van der Waals surface area contributed by atoms with Crippen molar-refractivity contribution >= 4 is 0 Å². The van der Waals surface area contributed by atoms with Gasteiger partial charge in [-0.1, -0.05) is 34.9 Å². The summed E-state index contributed by atoms with van der Waals surface area (Å²) >= 11 is 0. The van der Waals surface area contributed by atoms with Gasteiger partial charge in [-0.3, -0.25) is 0 Å². The molecular weight excluding hydrogens is 356 g/mol. The van der Waals surface area contributed by atoms with Crippen molar-refractivity contribution in [3.63, 3.8) is 0 Å². The van der Waals surface area contributed by atoms with E-state index in [9.17, 15) is 0 Å². The molecule has 1 aliphatic heterocycles. The number of allylic oxidation sites excluding steroid dienone is 5. The molecule has 1 saturated heterocycles. The summed E-state index contributed by atoms with van der Waals surface area (Å²) in [4.78, 5) is 5.16. The van der Waals surface area contributed by atoms with Crippen molar-refractivity contribution in [1.82, 2.24) is 15.1 Å². The predicted molar refractivity (Wildman–Crippen MR) is 129 cm³/mol. The van der Waals surface area contributed by atoms with Gasteiger partial charge in [-0.15, -0.1) is 0 Å². The molecule has 0 aromatic carbocycles. The van der Waals surface area contributed by atoms with E-state index in [0.717, 1.165) is 26.1 Å². The molecule has 1 fully saturated rings. The van der Waals surface area contributed by atoms with Gasteiger partial charge in [0.25, 0.3) is 0 Å². The Morgan fingerprint density at radius 1 is 0.793 bits per heavy atom. The van der Waals surface area contributed by atoms with Crippen molar-refractivity contribution < 1.29 is 0 Å². The molecule has 0 amide bonds. The number of nitrogens with one attached hydrogen (secondary N) is 1. The Hall–Kier alpha value is -0.940. The first-order valence-electron chi connectivity index (χ1n) is 11.8. The van der Waals surface area contributed by atoms with Crippen LogP contribution in [0.3, 0.4) is 0 Å². The highest BCUT2D eigenvalue weighted by Gasteiger charge is 2.15. The van der Waals surface area contributed by atoms with Gasteiger partial charge < -0.3 is 20.9 Å². The number of hydrogen-bond acceptors (Lipinski definition) is 4. The zero-order chi connectivity index (χ0) is 21.3. The van der Waals surface area contributed by atoms with Gasteiger partial charge in [0.1, 0.15) is 0 Å². The summed E-state index contributed by atoms with van der Waals surface area (Å²) in [6, 6.07) is 0. The fourth-order valence-corrected chi connectivity index (χ4v) is 3.67. The quantitative estimate of drug-likeness (QED) is 0.315. The Balaban J connectivity index is 2.02. The molecule has 1 rings (SSSR count). The second-order valence-corrected chi connectivity index (χ2v) is 8.84. The van der Waals surface area contributed by atoms with E-state index >= 15 is 0 Å². The Labute approximate surface area is 181 Å². The molecule has 0 aliphatic carbocycles. The number of piperazine rings is 1. The molecule has 168 valence electrons. The molecule has 1 heterocycles. The molecule has 0 spiro atoms. The first kappa shape index (κ1) is 26.1. The molecule has 0 bridgehead atoms. The number of nitrogens with zero attached hydrogens (tertiary/aromatic N) is 2. The van der Waals surface area contributed by atoms with Crippen molar-refractivity contribution in [2.75, 3.05) is 58.9 Å². The predicted octanol–water partition coefficient (Wildman–Crippen LogP) is 4.35. The van der Waals surface area contributed by atoms with E-state index < -0.39 is 0 Å². The van der Waals surface area contributed by atoms with E-state index in [2.05, 4.69) is 61.0 Å². The molecule has 0 radical (unpaired) electrons. The molecule has 3 N–H and O–H groups in total. The third kappa shape index (κ3) is 14.6. The molecule has 0 aromatic heterocycles. The highest BCUT2D eigenvalue weighted by Crippen LogP contribution is 2.11. The van der Waals surface area contributed by atoms with E-state index in [1.807, 2.05) is 0 Å². The average molecular weight is 405 g/mol. The van der Waals surface area contributed by atoms with Gasteiger partial charge in [-0.05, 0) is 92.4 Å². The molecule has 0 atom stereocenters. The molecule has 0 aromatic rings. The lowest BCUT2D eigenvalue weighted by Gasteiger charge is -2.34. The van der Waals surface area contributed by atoms with Crippen molar-refractivity contribution in [3.05, 3.63) is 34.9 Å². The van der Waals surface area contributed by atoms with Crippen LogP contribution in [0.1, 0.15) is 66.2 Å². The zero-order valence-corrected chi connectivity index (χ0v) is 19.8. The van der Waals surface area contributed by atoms with Crippen LogP contribution in [0.4, 0.5) is 0 Å².